The third-order valence-corrected chi connectivity index (χ3v) is 5.29. The number of nitrogens with one attached hydrogen (secondary N) is 2. The van der Waals surface area contributed by atoms with Crippen molar-refractivity contribution in [2.24, 2.45) is 13.0 Å². The first-order chi connectivity index (χ1) is 11.5. The molecule has 1 aromatic rings. The Balaban J connectivity index is 1.80. The van der Waals surface area contributed by atoms with Gasteiger partial charge in [-0.25, -0.2) is 4.79 Å². The molecule has 0 saturated heterocycles. The molecule has 0 spiro atoms. The van der Waals surface area contributed by atoms with Gasteiger partial charge < -0.3 is 15.7 Å². The molecule has 0 bridgehead atoms. The Morgan fingerprint density at radius 2 is 2.04 bits per heavy atom. The van der Waals surface area contributed by atoms with Crippen molar-refractivity contribution in [3.8, 4) is 0 Å². The zero-order valence-electron chi connectivity index (χ0n) is 15.3. The summed E-state index contributed by atoms with van der Waals surface area (Å²) < 4.78 is 1.88. The van der Waals surface area contributed by atoms with Crippen LogP contribution in [0, 0.1) is 19.8 Å². The molecule has 1 saturated carbocycles. The number of nitrogens with zero attached hydrogens (tertiary/aromatic N) is 2. The number of carbonyl (C=O) groups excluding carboxylic acids is 1. The van der Waals surface area contributed by atoms with E-state index in [0.717, 1.165) is 30.7 Å². The van der Waals surface area contributed by atoms with E-state index in [-0.39, 0.29) is 18.7 Å². The van der Waals surface area contributed by atoms with Crippen molar-refractivity contribution in [2.45, 2.75) is 64.8 Å². The van der Waals surface area contributed by atoms with Crippen molar-refractivity contribution in [2.75, 3.05) is 13.2 Å². The van der Waals surface area contributed by atoms with Gasteiger partial charge in [-0.1, -0.05) is 19.3 Å². The van der Waals surface area contributed by atoms with Gasteiger partial charge in [0.15, 0.2) is 0 Å². The standard InChI is InChI=1S/C18H32N4O2/c1-13-16(14(2)22(3)21-13)9-11-19-18(24)20-17(10-12-23)15-7-5-4-6-8-15/h15,17,23H,4-12H2,1-3H3,(H2,19,20,24). The Hall–Kier alpha value is -1.56. The largest absolute Gasteiger partial charge is 0.396 e. The van der Waals surface area contributed by atoms with Crippen molar-refractivity contribution in [3.05, 3.63) is 17.0 Å². The summed E-state index contributed by atoms with van der Waals surface area (Å²) in [5.74, 6) is 0.500. The average Bonchev–Trinajstić information content (AvgIpc) is 2.81. The van der Waals surface area contributed by atoms with Gasteiger partial charge in [0.05, 0.1) is 5.69 Å². The van der Waals surface area contributed by atoms with Gasteiger partial charge >= 0.3 is 6.03 Å². The molecule has 6 heteroatoms. The lowest BCUT2D eigenvalue weighted by Gasteiger charge is -2.30. The fourth-order valence-corrected chi connectivity index (χ4v) is 3.80. The van der Waals surface area contributed by atoms with Gasteiger partial charge in [0, 0.05) is 31.9 Å². The van der Waals surface area contributed by atoms with E-state index in [9.17, 15) is 9.90 Å². The summed E-state index contributed by atoms with van der Waals surface area (Å²) in [4.78, 5) is 12.2. The Labute approximate surface area is 145 Å². The van der Waals surface area contributed by atoms with Gasteiger partial charge in [0.2, 0.25) is 0 Å². The van der Waals surface area contributed by atoms with Crippen molar-refractivity contribution in [1.82, 2.24) is 20.4 Å². The molecule has 2 amide bonds. The summed E-state index contributed by atoms with van der Waals surface area (Å²) in [5.41, 5.74) is 3.38. The Morgan fingerprint density at radius 1 is 1.33 bits per heavy atom. The zero-order chi connectivity index (χ0) is 17.5. The minimum atomic E-state index is -0.127. The number of hydrogen-bond acceptors (Lipinski definition) is 3. The lowest BCUT2D eigenvalue weighted by Crippen LogP contribution is -2.47. The summed E-state index contributed by atoms with van der Waals surface area (Å²) in [6.45, 7) is 4.77. The molecule has 1 unspecified atom stereocenters. The van der Waals surface area contributed by atoms with Crippen molar-refractivity contribution >= 4 is 6.03 Å². The quantitative estimate of drug-likeness (QED) is 0.714. The number of hydrogen-bond donors (Lipinski definition) is 3. The van der Waals surface area contributed by atoms with Crippen LogP contribution in [0.2, 0.25) is 0 Å². The molecular formula is C18H32N4O2. The molecule has 0 radical (unpaired) electrons. The SMILES string of the molecule is Cc1nn(C)c(C)c1CCNC(=O)NC(CCO)C1CCCCC1. The van der Waals surface area contributed by atoms with E-state index in [4.69, 9.17) is 0 Å². The van der Waals surface area contributed by atoms with E-state index < -0.39 is 0 Å². The molecule has 136 valence electrons. The predicted octanol–water partition coefficient (Wildman–Crippen LogP) is 2.21. The minimum Gasteiger partial charge on any atom is -0.396 e. The molecule has 1 atom stereocenters. The zero-order valence-corrected chi connectivity index (χ0v) is 15.3. The van der Waals surface area contributed by atoms with E-state index in [0.29, 0.717) is 18.9 Å². The van der Waals surface area contributed by atoms with Gasteiger partial charge in [0.25, 0.3) is 0 Å². The highest BCUT2D eigenvalue weighted by Crippen LogP contribution is 2.27. The summed E-state index contributed by atoms with van der Waals surface area (Å²) in [5, 5.41) is 19.7. The molecule has 2 rings (SSSR count). The maximum Gasteiger partial charge on any atom is 0.315 e. The average molecular weight is 336 g/mol. The second-order valence-corrected chi connectivity index (χ2v) is 6.94. The third-order valence-electron chi connectivity index (χ3n) is 5.29. The van der Waals surface area contributed by atoms with Crippen LogP contribution in [0.15, 0.2) is 0 Å². The Morgan fingerprint density at radius 3 is 2.62 bits per heavy atom. The highest BCUT2D eigenvalue weighted by Gasteiger charge is 2.24. The van der Waals surface area contributed by atoms with Gasteiger partial charge in [-0.15, -0.1) is 0 Å². The fraction of sp³-hybridized carbons (Fsp3) is 0.778. The summed E-state index contributed by atoms with van der Waals surface area (Å²) in [7, 11) is 1.94. The maximum absolute atomic E-state index is 12.2. The normalized spacial score (nSPS) is 16.8. The highest BCUT2D eigenvalue weighted by atomic mass is 16.3. The van der Waals surface area contributed by atoms with Gasteiger partial charge in [0.1, 0.15) is 0 Å². The Kier molecular flexibility index (Phi) is 7.09. The number of amides is 2. The molecule has 1 aliphatic rings. The smallest absolute Gasteiger partial charge is 0.315 e. The van der Waals surface area contributed by atoms with Gasteiger partial charge in [-0.3, -0.25) is 4.68 Å². The van der Waals surface area contributed by atoms with Crippen LogP contribution in [0.4, 0.5) is 4.79 Å². The van der Waals surface area contributed by atoms with Crippen LogP contribution in [0.1, 0.15) is 55.5 Å². The summed E-state index contributed by atoms with van der Waals surface area (Å²) in [6, 6.07) is -0.0459. The maximum atomic E-state index is 12.2. The number of aliphatic hydroxyl groups is 1. The molecule has 1 fully saturated rings. The van der Waals surface area contributed by atoms with E-state index >= 15 is 0 Å². The van der Waals surface area contributed by atoms with Crippen LogP contribution >= 0.6 is 0 Å². The van der Waals surface area contributed by atoms with E-state index in [1.165, 1.54) is 24.8 Å². The van der Waals surface area contributed by atoms with Crippen LogP contribution in [0.5, 0.6) is 0 Å². The molecule has 24 heavy (non-hydrogen) atoms. The summed E-state index contributed by atoms with van der Waals surface area (Å²) in [6.07, 6.45) is 7.48. The number of rotatable bonds is 7. The molecule has 0 aromatic carbocycles. The second kappa shape index (κ2) is 9.06. The number of aliphatic hydroxyl groups excluding tert-OH is 1. The minimum absolute atomic E-state index is 0.0807. The van der Waals surface area contributed by atoms with Crippen LogP contribution in [-0.2, 0) is 13.5 Å². The molecule has 0 aliphatic heterocycles. The monoisotopic (exact) mass is 336 g/mol. The molecule has 1 heterocycles. The second-order valence-electron chi connectivity index (χ2n) is 6.94. The van der Waals surface area contributed by atoms with Crippen molar-refractivity contribution in [1.29, 1.82) is 0 Å². The van der Waals surface area contributed by atoms with Crippen LogP contribution in [0.25, 0.3) is 0 Å². The molecule has 1 aliphatic carbocycles. The number of urea groups is 1. The van der Waals surface area contributed by atoms with Crippen LogP contribution in [-0.4, -0.2) is 40.1 Å². The first-order valence-corrected chi connectivity index (χ1v) is 9.17. The summed E-state index contributed by atoms with van der Waals surface area (Å²) >= 11 is 0. The predicted molar refractivity (Wildman–Crippen MR) is 95.0 cm³/mol. The first kappa shape index (κ1) is 18.8. The van der Waals surface area contributed by atoms with Gasteiger partial charge in [-0.05, 0) is 51.0 Å². The molecule has 1 aromatic heterocycles. The number of aromatic nitrogens is 2. The van der Waals surface area contributed by atoms with Gasteiger partial charge in [-0.2, -0.15) is 5.10 Å². The van der Waals surface area contributed by atoms with E-state index in [2.05, 4.69) is 22.7 Å². The molecule has 6 nitrogen and oxygen atoms in total. The highest BCUT2D eigenvalue weighted by molar-refractivity contribution is 5.74. The number of aryl methyl sites for hydroxylation is 2. The molecular weight excluding hydrogens is 304 g/mol. The van der Waals surface area contributed by atoms with Crippen LogP contribution < -0.4 is 10.6 Å². The lowest BCUT2D eigenvalue weighted by atomic mass is 9.83. The van der Waals surface area contributed by atoms with E-state index in [1.54, 1.807) is 0 Å². The Bertz CT molecular complexity index is 535. The first-order valence-electron chi connectivity index (χ1n) is 9.17. The lowest BCUT2D eigenvalue weighted by molar-refractivity contribution is 0.197. The van der Waals surface area contributed by atoms with Crippen LogP contribution in [0.3, 0.4) is 0 Å². The third kappa shape index (κ3) is 4.97. The van der Waals surface area contributed by atoms with E-state index in [1.807, 2.05) is 18.7 Å². The molecule has 3 N–H and O–H groups in total. The topological polar surface area (TPSA) is 79.2 Å². The van der Waals surface area contributed by atoms with Crippen molar-refractivity contribution < 1.29 is 9.90 Å². The van der Waals surface area contributed by atoms with Crippen molar-refractivity contribution in [3.63, 3.8) is 0 Å². The fourth-order valence-electron chi connectivity index (χ4n) is 3.80. The number of carbonyl (C=O) groups is 1.